The molecule has 1 aliphatic rings. The first-order chi connectivity index (χ1) is 8.86. The summed E-state index contributed by atoms with van der Waals surface area (Å²) in [6, 6.07) is 3.96. The largest absolute Gasteiger partial charge is 0.417 e. The number of hydrogen-bond acceptors (Lipinski definition) is 1. The van der Waals surface area contributed by atoms with Crippen LogP contribution in [0.1, 0.15) is 24.8 Å². The average Bonchev–Trinajstić information content (AvgIpc) is 2.25. The summed E-state index contributed by atoms with van der Waals surface area (Å²) in [6.45, 7) is 0. The van der Waals surface area contributed by atoms with E-state index in [0.717, 1.165) is 25.3 Å². The second-order valence-electron chi connectivity index (χ2n) is 4.42. The van der Waals surface area contributed by atoms with Crippen LogP contribution in [-0.4, -0.2) is 11.2 Å². The number of alkyl halides is 3. The minimum absolute atomic E-state index is 0.272. The summed E-state index contributed by atoms with van der Waals surface area (Å²) in [4.78, 5) is 0. The SMILES string of the molecule is FC(F)(F)c1cc(NC(=S)NC2CCC2)ccc1Cl. The maximum absolute atomic E-state index is 12.7. The first-order valence-corrected chi connectivity index (χ1v) is 6.59. The van der Waals surface area contributed by atoms with Crippen molar-refractivity contribution in [3.8, 4) is 0 Å². The number of rotatable bonds is 2. The van der Waals surface area contributed by atoms with E-state index in [0.29, 0.717) is 11.2 Å². The molecule has 1 aromatic rings. The molecule has 0 heterocycles. The van der Waals surface area contributed by atoms with Crippen molar-refractivity contribution in [1.29, 1.82) is 0 Å². The van der Waals surface area contributed by atoms with Crippen molar-refractivity contribution in [2.45, 2.75) is 31.5 Å². The molecule has 2 nitrogen and oxygen atoms in total. The Bertz CT molecular complexity index is 486. The molecule has 104 valence electrons. The van der Waals surface area contributed by atoms with Crippen molar-refractivity contribution in [3.63, 3.8) is 0 Å². The molecule has 1 aliphatic carbocycles. The summed E-state index contributed by atoms with van der Waals surface area (Å²) in [5, 5.41) is 5.80. The van der Waals surface area contributed by atoms with Gasteiger partial charge in [-0.2, -0.15) is 13.2 Å². The van der Waals surface area contributed by atoms with Gasteiger partial charge in [-0.1, -0.05) is 11.6 Å². The summed E-state index contributed by atoms with van der Waals surface area (Å²) >= 11 is 10.6. The Labute approximate surface area is 119 Å². The second-order valence-corrected chi connectivity index (χ2v) is 5.23. The van der Waals surface area contributed by atoms with Gasteiger partial charge in [-0.3, -0.25) is 0 Å². The van der Waals surface area contributed by atoms with E-state index in [4.69, 9.17) is 23.8 Å². The van der Waals surface area contributed by atoms with Crippen LogP contribution in [-0.2, 0) is 6.18 Å². The highest BCUT2D eigenvalue weighted by Crippen LogP contribution is 2.36. The Morgan fingerprint density at radius 3 is 2.53 bits per heavy atom. The predicted molar refractivity (Wildman–Crippen MR) is 73.4 cm³/mol. The summed E-state index contributed by atoms with van der Waals surface area (Å²) < 4.78 is 38.0. The molecule has 0 bridgehead atoms. The topological polar surface area (TPSA) is 24.1 Å². The number of nitrogens with one attached hydrogen (secondary N) is 2. The van der Waals surface area contributed by atoms with Gasteiger partial charge in [0, 0.05) is 11.7 Å². The molecule has 1 aromatic carbocycles. The molecule has 0 aliphatic heterocycles. The Morgan fingerprint density at radius 1 is 1.32 bits per heavy atom. The molecule has 0 spiro atoms. The Hall–Kier alpha value is -1.01. The van der Waals surface area contributed by atoms with Gasteiger partial charge in [0.25, 0.3) is 0 Å². The van der Waals surface area contributed by atoms with Gasteiger partial charge in [-0.15, -0.1) is 0 Å². The van der Waals surface area contributed by atoms with E-state index in [1.54, 1.807) is 0 Å². The zero-order chi connectivity index (χ0) is 14.0. The lowest BCUT2D eigenvalue weighted by atomic mass is 9.93. The zero-order valence-corrected chi connectivity index (χ0v) is 11.4. The van der Waals surface area contributed by atoms with Crippen molar-refractivity contribution in [1.82, 2.24) is 5.32 Å². The van der Waals surface area contributed by atoms with Crippen LogP contribution in [0, 0.1) is 0 Å². The third-order valence-electron chi connectivity index (χ3n) is 2.97. The molecule has 1 saturated carbocycles. The molecule has 1 fully saturated rings. The van der Waals surface area contributed by atoms with Crippen LogP contribution in [0.5, 0.6) is 0 Å². The van der Waals surface area contributed by atoms with Gasteiger partial charge < -0.3 is 10.6 Å². The first kappa shape index (κ1) is 14.4. The monoisotopic (exact) mass is 308 g/mol. The van der Waals surface area contributed by atoms with Crippen LogP contribution in [0.3, 0.4) is 0 Å². The molecular formula is C12H12ClF3N2S. The maximum atomic E-state index is 12.7. The molecule has 0 unspecified atom stereocenters. The highest BCUT2D eigenvalue weighted by molar-refractivity contribution is 7.80. The van der Waals surface area contributed by atoms with E-state index in [-0.39, 0.29) is 10.7 Å². The molecule has 0 radical (unpaired) electrons. The van der Waals surface area contributed by atoms with Gasteiger partial charge in [-0.25, -0.2) is 0 Å². The molecule has 2 rings (SSSR count). The fourth-order valence-corrected chi connectivity index (χ4v) is 2.23. The Morgan fingerprint density at radius 2 is 2.00 bits per heavy atom. The van der Waals surface area contributed by atoms with Crippen LogP contribution >= 0.6 is 23.8 Å². The first-order valence-electron chi connectivity index (χ1n) is 5.80. The van der Waals surface area contributed by atoms with Gasteiger partial charge in [0.05, 0.1) is 10.6 Å². The van der Waals surface area contributed by atoms with E-state index in [1.807, 2.05) is 0 Å². The second kappa shape index (κ2) is 5.54. The number of thiocarbonyl (C=S) groups is 1. The van der Waals surface area contributed by atoms with E-state index >= 15 is 0 Å². The van der Waals surface area contributed by atoms with Crippen LogP contribution in [0.15, 0.2) is 18.2 Å². The third-order valence-corrected chi connectivity index (χ3v) is 3.52. The number of hydrogen-bond donors (Lipinski definition) is 2. The van der Waals surface area contributed by atoms with Crippen LogP contribution in [0.25, 0.3) is 0 Å². The maximum Gasteiger partial charge on any atom is 0.417 e. The lowest BCUT2D eigenvalue weighted by Gasteiger charge is -2.27. The van der Waals surface area contributed by atoms with Crippen molar-refractivity contribution in [2.75, 3.05) is 5.32 Å². The fourth-order valence-electron chi connectivity index (χ4n) is 1.73. The van der Waals surface area contributed by atoms with E-state index in [2.05, 4.69) is 10.6 Å². The highest BCUT2D eigenvalue weighted by Gasteiger charge is 2.33. The number of anilines is 1. The fraction of sp³-hybridized carbons (Fsp3) is 0.417. The van der Waals surface area contributed by atoms with Gasteiger partial charge in [0.1, 0.15) is 0 Å². The molecule has 2 N–H and O–H groups in total. The van der Waals surface area contributed by atoms with Gasteiger partial charge in [0.2, 0.25) is 0 Å². The third kappa shape index (κ3) is 3.73. The Kier molecular flexibility index (Phi) is 4.20. The molecule has 19 heavy (non-hydrogen) atoms. The normalized spacial score (nSPS) is 15.8. The molecule has 0 amide bonds. The standard InChI is InChI=1S/C12H12ClF3N2S/c13-10-5-4-8(6-9(10)12(14,15)16)18-11(19)17-7-2-1-3-7/h4-7H,1-3H2,(H2,17,18,19). The van der Waals surface area contributed by atoms with Crippen LogP contribution in [0.2, 0.25) is 5.02 Å². The van der Waals surface area contributed by atoms with Gasteiger partial charge in [-0.05, 0) is 49.7 Å². The minimum atomic E-state index is -4.47. The number of halogens is 4. The summed E-state index contributed by atoms with van der Waals surface area (Å²) in [5.74, 6) is 0. The van der Waals surface area contributed by atoms with E-state index in [1.165, 1.54) is 12.1 Å². The van der Waals surface area contributed by atoms with Crippen molar-refractivity contribution in [2.24, 2.45) is 0 Å². The van der Waals surface area contributed by atoms with Crippen molar-refractivity contribution >= 4 is 34.6 Å². The summed E-state index contributed by atoms with van der Waals surface area (Å²) in [6.07, 6.45) is -1.25. The average molecular weight is 309 g/mol. The lowest BCUT2D eigenvalue weighted by molar-refractivity contribution is -0.137. The highest BCUT2D eigenvalue weighted by atomic mass is 35.5. The zero-order valence-electron chi connectivity index (χ0n) is 9.85. The van der Waals surface area contributed by atoms with E-state index < -0.39 is 11.7 Å². The molecule has 7 heteroatoms. The summed E-state index contributed by atoms with van der Waals surface area (Å²) in [5.41, 5.74) is -0.598. The van der Waals surface area contributed by atoms with E-state index in [9.17, 15) is 13.2 Å². The molecule has 0 aromatic heterocycles. The van der Waals surface area contributed by atoms with Gasteiger partial charge >= 0.3 is 6.18 Å². The summed E-state index contributed by atoms with van der Waals surface area (Å²) in [7, 11) is 0. The van der Waals surface area contributed by atoms with Crippen LogP contribution in [0.4, 0.5) is 18.9 Å². The number of benzene rings is 1. The van der Waals surface area contributed by atoms with Crippen molar-refractivity contribution in [3.05, 3.63) is 28.8 Å². The lowest BCUT2D eigenvalue weighted by Crippen LogP contribution is -2.41. The predicted octanol–water partition coefficient (Wildman–Crippen LogP) is 4.20. The minimum Gasteiger partial charge on any atom is -0.360 e. The smallest absolute Gasteiger partial charge is 0.360 e. The van der Waals surface area contributed by atoms with Crippen molar-refractivity contribution < 1.29 is 13.2 Å². The molecular weight excluding hydrogens is 297 g/mol. The Balaban J connectivity index is 2.06. The quantitative estimate of drug-likeness (QED) is 0.801. The van der Waals surface area contributed by atoms with Crippen LogP contribution < -0.4 is 10.6 Å². The molecule has 0 saturated heterocycles. The van der Waals surface area contributed by atoms with Gasteiger partial charge in [0.15, 0.2) is 5.11 Å². The molecule has 0 atom stereocenters.